The van der Waals surface area contributed by atoms with E-state index in [-0.39, 0.29) is 24.3 Å². The molecule has 0 heterocycles. The maximum Gasteiger partial charge on any atom is 0.218 e. The summed E-state index contributed by atoms with van der Waals surface area (Å²) in [5, 5.41) is 0. The van der Waals surface area contributed by atoms with Gasteiger partial charge in [0.25, 0.3) is 0 Å². The maximum atomic E-state index is 10.8. The monoisotopic (exact) mass is 248 g/mol. The predicted molar refractivity (Wildman–Crippen MR) is 75.2 cm³/mol. The number of carbonyl (C=O) groups is 1. The molecular formula is C15H24N2O. The summed E-state index contributed by atoms with van der Waals surface area (Å²) in [6, 6.07) is 8.44. The summed E-state index contributed by atoms with van der Waals surface area (Å²) in [5.74, 6) is 0.473. The summed E-state index contributed by atoms with van der Waals surface area (Å²) in [7, 11) is 0. The average Bonchev–Trinajstić information content (AvgIpc) is 2.28. The molecule has 1 aromatic carbocycles. The molecule has 0 aliphatic heterocycles. The van der Waals surface area contributed by atoms with E-state index in [0.717, 1.165) is 6.42 Å². The van der Waals surface area contributed by atoms with E-state index >= 15 is 0 Å². The highest BCUT2D eigenvalue weighted by Gasteiger charge is 2.15. The van der Waals surface area contributed by atoms with Crippen LogP contribution in [0, 0.1) is 5.92 Å². The zero-order valence-electron chi connectivity index (χ0n) is 11.5. The predicted octanol–water partition coefficient (Wildman–Crippen LogP) is 2.19. The minimum atomic E-state index is -0.329. The average molecular weight is 248 g/mol. The first kappa shape index (κ1) is 14.7. The van der Waals surface area contributed by atoms with E-state index < -0.39 is 0 Å². The Labute approximate surface area is 110 Å². The van der Waals surface area contributed by atoms with Crippen molar-refractivity contribution in [1.82, 2.24) is 0 Å². The Hall–Kier alpha value is -1.35. The Balaban J connectivity index is 2.58. The molecule has 0 radical (unpaired) electrons. The Morgan fingerprint density at radius 2 is 1.72 bits per heavy atom. The van der Waals surface area contributed by atoms with Crippen LogP contribution in [0.3, 0.4) is 0 Å². The minimum Gasteiger partial charge on any atom is -0.370 e. The summed E-state index contributed by atoms with van der Waals surface area (Å²) >= 11 is 0. The van der Waals surface area contributed by atoms with Gasteiger partial charge in [-0.3, -0.25) is 4.79 Å². The van der Waals surface area contributed by atoms with E-state index in [0.29, 0.717) is 5.92 Å². The lowest BCUT2D eigenvalue weighted by Crippen LogP contribution is -2.34. The molecule has 3 nitrogen and oxygen atoms in total. The highest BCUT2D eigenvalue weighted by molar-refractivity contribution is 5.74. The normalized spacial score (nSPS) is 14.5. The summed E-state index contributed by atoms with van der Waals surface area (Å²) in [6.45, 7) is 6.42. The lowest BCUT2D eigenvalue weighted by Gasteiger charge is -2.18. The Bertz CT molecular complexity index is 384. The van der Waals surface area contributed by atoms with Crippen LogP contribution < -0.4 is 11.5 Å². The van der Waals surface area contributed by atoms with Gasteiger partial charge in [0.1, 0.15) is 0 Å². The van der Waals surface area contributed by atoms with Crippen LogP contribution in [0.5, 0.6) is 0 Å². The zero-order valence-corrected chi connectivity index (χ0v) is 11.5. The first-order valence-electron chi connectivity index (χ1n) is 6.53. The van der Waals surface area contributed by atoms with Crippen LogP contribution in [0.25, 0.3) is 0 Å². The van der Waals surface area contributed by atoms with Gasteiger partial charge in [0.15, 0.2) is 0 Å². The van der Waals surface area contributed by atoms with Crippen molar-refractivity contribution in [3.63, 3.8) is 0 Å². The number of rotatable bonds is 6. The molecule has 3 heteroatoms. The first-order valence-corrected chi connectivity index (χ1v) is 6.53. The number of nitrogens with two attached hydrogens (primary N) is 2. The van der Waals surface area contributed by atoms with Crippen molar-refractivity contribution in [1.29, 1.82) is 0 Å². The number of hydrogen-bond acceptors (Lipinski definition) is 2. The van der Waals surface area contributed by atoms with Gasteiger partial charge in [0.2, 0.25) is 5.91 Å². The number of carbonyl (C=O) groups excluding carboxylic acids is 1. The molecule has 1 rings (SSSR count). The van der Waals surface area contributed by atoms with Gasteiger partial charge in [0.05, 0.1) is 0 Å². The third kappa shape index (κ3) is 4.49. The van der Waals surface area contributed by atoms with Crippen LogP contribution in [0.1, 0.15) is 44.2 Å². The molecular weight excluding hydrogens is 224 g/mol. The van der Waals surface area contributed by atoms with Crippen molar-refractivity contribution in [2.75, 3.05) is 0 Å². The van der Waals surface area contributed by atoms with Gasteiger partial charge in [-0.2, -0.15) is 0 Å². The van der Waals surface area contributed by atoms with E-state index in [2.05, 4.69) is 45.0 Å². The highest BCUT2D eigenvalue weighted by Crippen LogP contribution is 2.18. The quantitative estimate of drug-likeness (QED) is 0.810. The minimum absolute atomic E-state index is 0.160. The third-order valence-corrected chi connectivity index (χ3v) is 3.37. The highest BCUT2D eigenvalue weighted by atomic mass is 16.1. The fourth-order valence-electron chi connectivity index (χ4n) is 2.00. The fourth-order valence-corrected chi connectivity index (χ4v) is 2.00. The van der Waals surface area contributed by atoms with E-state index in [1.165, 1.54) is 11.1 Å². The van der Waals surface area contributed by atoms with Crippen molar-refractivity contribution >= 4 is 5.91 Å². The molecule has 0 saturated carbocycles. The third-order valence-electron chi connectivity index (χ3n) is 3.37. The lowest BCUT2D eigenvalue weighted by atomic mass is 9.91. The molecule has 1 aromatic rings. The van der Waals surface area contributed by atoms with Gasteiger partial charge in [0, 0.05) is 12.5 Å². The van der Waals surface area contributed by atoms with Crippen molar-refractivity contribution in [2.24, 2.45) is 17.4 Å². The molecule has 0 spiro atoms. The van der Waals surface area contributed by atoms with Gasteiger partial charge < -0.3 is 11.5 Å². The molecule has 2 atom stereocenters. The molecule has 0 aromatic heterocycles. The standard InChI is InChI=1S/C15H24N2O/c1-10(2)13-6-4-12(5-7-13)8-11(3)14(16)9-15(17)18/h4-7,10-11,14H,8-9,16H2,1-3H3,(H2,17,18). The van der Waals surface area contributed by atoms with Crippen molar-refractivity contribution in [2.45, 2.75) is 45.6 Å². The molecule has 4 N–H and O–H groups in total. The maximum absolute atomic E-state index is 10.8. The largest absolute Gasteiger partial charge is 0.370 e. The number of primary amides is 1. The van der Waals surface area contributed by atoms with Crippen molar-refractivity contribution < 1.29 is 4.79 Å². The van der Waals surface area contributed by atoms with Gasteiger partial charge >= 0.3 is 0 Å². The van der Waals surface area contributed by atoms with Gasteiger partial charge in [-0.15, -0.1) is 0 Å². The first-order chi connectivity index (χ1) is 8.40. The summed E-state index contributed by atoms with van der Waals surface area (Å²) in [5.41, 5.74) is 13.7. The molecule has 0 aliphatic carbocycles. The molecule has 0 saturated heterocycles. The lowest BCUT2D eigenvalue weighted by molar-refractivity contribution is -0.118. The number of hydrogen-bond donors (Lipinski definition) is 2. The Kier molecular flexibility index (Phi) is 5.35. The van der Waals surface area contributed by atoms with Gasteiger partial charge in [-0.1, -0.05) is 45.0 Å². The number of amides is 1. The summed E-state index contributed by atoms with van der Waals surface area (Å²) < 4.78 is 0. The Morgan fingerprint density at radius 3 is 2.17 bits per heavy atom. The van der Waals surface area contributed by atoms with Crippen LogP contribution in [0.15, 0.2) is 24.3 Å². The molecule has 100 valence electrons. The fraction of sp³-hybridized carbons (Fsp3) is 0.533. The molecule has 0 fully saturated rings. The van der Waals surface area contributed by atoms with E-state index in [4.69, 9.17) is 11.5 Å². The SMILES string of the molecule is CC(C)c1ccc(CC(C)C(N)CC(N)=O)cc1. The van der Waals surface area contributed by atoms with Crippen molar-refractivity contribution in [3.8, 4) is 0 Å². The van der Waals surface area contributed by atoms with Gasteiger partial charge in [-0.05, 0) is 29.4 Å². The van der Waals surface area contributed by atoms with Gasteiger partial charge in [-0.25, -0.2) is 0 Å². The van der Waals surface area contributed by atoms with E-state index in [1.54, 1.807) is 0 Å². The second-order valence-corrected chi connectivity index (χ2v) is 5.41. The van der Waals surface area contributed by atoms with E-state index in [1.807, 2.05) is 0 Å². The smallest absolute Gasteiger partial charge is 0.218 e. The second-order valence-electron chi connectivity index (χ2n) is 5.41. The van der Waals surface area contributed by atoms with Crippen LogP contribution in [0.4, 0.5) is 0 Å². The van der Waals surface area contributed by atoms with Crippen LogP contribution >= 0.6 is 0 Å². The molecule has 0 aliphatic rings. The van der Waals surface area contributed by atoms with Crippen molar-refractivity contribution in [3.05, 3.63) is 35.4 Å². The molecule has 1 amide bonds. The summed E-state index contributed by atoms with van der Waals surface area (Å²) in [4.78, 5) is 10.8. The van der Waals surface area contributed by atoms with Crippen LogP contribution in [-0.4, -0.2) is 11.9 Å². The van der Waals surface area contributed by atoms with Crippen LogP contribution in [-0.2, 0) is 11.2 Å². The molecule has 2 unspecified atom stereocenters. The van der Waals surface area contributed by atoms with Crippen LogP contribution in [0.2, 0.25) is 0 Å². The molecule has 18 heavy (non-hydrogen) atoms. The number of benzene rings is 1. The Morgan fingerprint density at radius 1 is 1.17 bits per heavy atom. The van der Waals surface area contributed by atoms with E-state index in [9.17, 15) is 4.79 Å². The topological polar surface area (TPSA) is 69.1 Å². The second kappa shape index (κ2) is 6.55. The zero-order chi connectivity index (χ0) is 13.7. The molecule has 0 bridgehead atoms. The summed E-state index contributed by atoms with van der Waals surface area (Å²) in [6.07, 6.45) is 1.14.